The number of hydrogen-bond acceptors (Lipinski definition) is 4. The Kier molecular flexibility index (Phi) is 7.75. The van der Waals surface area contributed by atoms with E-state index in [4.69, 9.17) is 9.84 Å². The summed E-state index contributed by atoms with van der Waals surface area (Å²) in [6, 6.07) is 14.3. The van der Waals surface area contributed by atoms with Crippen molar-refractivity contribution in [1.82, 2.24) is 9.80 Å². The molecule has 2 aromatic rings. The Hall–Kier alpha value is -2.93. The molecule has 2 aromatic carbocycles. The van der Waals surface area contributed by atoms with Crippen LogP contribution in [0.3, 0.4) is 0 Å². The zero-order valence-electron chi connectivity index (χ0n) is 20.6. The first-order valence-corrected chi connectivity index (χ1v) is 12.5. The monoisotopic (exact) mass is 482 g/mol. The van der Waals surface area contributed by atoms with Gasteiger partial charge in [0.2, 0.25) is 5.91 Å². The van der Waals surface area contributed by atoms with E-state index >= 15 is 0 Å². The van der Waals surface area contributed by atoms with Crippen LogP contribution in [0.4, 0.5) is 4.39 Å². The third-order valence-corrected chi connectivity index (χ3v) is 7.23. The van der Waals surface area contributed by atoms with Crippen LogP contribution in [0.1, 0.15) is 44.2 Å². The average Bonchev–Trinajstić information content (AvgIpc) is 3.05. The molecular weight excluding hydrogens is 447 g/mol. The second-order valence-corrected chi connectivity index (χ2v) is 10.4. The van der Waals surface area contributed by atoms with Crippen molar-refractivity contribution in [2.24, 2.45) is 11.3 Å². The zero-order valence-corrected chi connectivity index (χ0v) is 20.6. The largest absolute Gasteiger partial charge is 0.482 e. The molecule has 0 aromatic heterocycles. The Labute approximate surface area is 206 Å². The summed E-state index contributed by atoms with van der Waals surface area (Å²) in [6.45, 7) is 6.85. The van der Waals surface area contributed by atoms with Crippen LogP contribution in [-0.4, -0.2) is 59.1 Å². The highest BCUT2D eigenvalue weighted by atomic mass is 19.1. The zero-order chi connectivity index (χ0) is 25.0. The van der Waals surface area contributed by atoms with E-state index < -0.39 is 5.97 Å². The maximum Gasteiger partial charge on any atom is 0.341 e. The smallest absolute Gasteiger partial charge is 0.341 e. The number of carboxylic acids is 1. The number of para-hydroxylation sites is 1. The first kappa shape index (κ1) is 25.2. The molecule has 2 aliphatic heterocycles. The summed E-state index contributed by atoms with van der Waals surface area (Å²) in [5, 5.41) is 8.94. The van der Waals surface area contributed by atoms with Crippen molar-refractivity contribution < 1.29 is 23.8 Å². The van der Waals surface area contributed by atoms with Gasteiger partial charge in [0, 0.05) is 24.7 Å². The predicted molar refractivity (Wildman–Crippen MR) is 132 cm³/mol. The van der Waals surface area contributed by atoms with Gasteiger partial charge in [0.25, 0.3) is 0 Å². The Morgan fingerprint density at radius 1 is 1.17 bits per heavy atom. The maximum atomic E-state index is 13.8. The van der Waals surface area contributed by atoms with Gasteiger partial charge in [-0.05, 0) is 68.5 Å². The lowest BCUT2D eigenvalue weighted by Crippen LogP contribution is -2.45. The van der Waals surface area contributed by atoms with Crippen LogP contribution in [0, 0.1) is 17.2 Å². The van der Waals surface area contributed by atoms with E-state index in [1.165, 1.54) is 6.07 Å². The number of likely N-dealkylation sites (tertiary alicyclic amines) is 2. The van der Waals surface area contributed by atoms with Crippen LogP contribution in [0.2, 0.25) is 0 Å². The van der Waals surface area contributed by atoms with E-state index in [0.29, 0.717) is 24.6 Å². The lowest BCUT2D eigenvalue weighted by molar-refractivity contribution is -0.140. The fourth-order valence-corrected chi connectivity index (χ4v) is 5.58. The highest BCUT2D eigenvalue weighted by Gasteiger charge is 2.52. The predicted octanol–water partition coefficient (Wildman–Crippen LogP) is 4.37. The van der Waals surface area contributed by atoms with Crippen LogP contribution in [0.25, 0.3) is 0 Å². The van der Waals surface area contributed by atoms with E-state index in [1.807, 2.05) is 24.3 Å². The number of rotatable bonds is 9. The van der Waals surface area contributed by atoms with Gasteiger partial charge >= 0.3 is 5.97 Å². The molecule has 1 amide bonds. The van der Waals surface area contributed by atoms with Gasteiger partial charge in [-0.3, -0.25) is 9.69 Å². The second kappa shape index (κ2) is 10.8. The summed E-state index contributed by atoms with van der Waals surface area (Å²) in [7, 11) is 0. The van der Waals surface area contributed by atoms with Crippen molar-refractivity contribution >= 4 is 11.9 Å². The summed E-state index contributed by atoms with van der Waals surface area (Å²) >= 11 is 0. The SMILES string of the molecule is CC(C)CN1C(=O)C2(CCN(Cc3ccccc3OCC(=O)O)CC2)CC1Cc1cccc(F)c1. The van der Waals surface area contributed by atoms with Gasteiger partial charge in [-0.15, -0.1) is 0 Å². The average molecular weight is 483 g/mol. The van der Waals surface area contributed by atoms with E-state index in [2.05, 4.69) is 23.6 Å². The molecular formula is C28H35FN2O4. The Morgan fingerprint density at radius 2 is 1.91 bits per heavy atom. The summed E-state index contributed by atoms with van der Waals surface area (Å²) < 4.78 is 19.3. The highest BCUT2D eigenvalue weighted by Crippen LogP contribution is 2.46. The number of hydrogen-bond donors (Lipinski definition) is 1. The quantitative estimate of drug-likeness (QED) is 0.575. The molecule has 0 bridgehead atoms. The number of ether oxygens (including phenoxy) is 1. The number of amides is 1. The normalized spacial score (nSPS) is 20.1. The maximum absolute atomic E-state index is 13.8. The standard InChI is InChI=1S/C28H35FN2O4/c1-20(2)17-31-24(15-21-6-5-8-23(29)14-21)16-28(27(31)34)10-12-30(13-11-28)18-22-7-3-4-9-25(22)35-19-26(32)33/h3-9,14,20,24H,10-13,15-19H2,1-2H3,(H,32,33). The van der Waals surface area contributed by atoms with Crippen LogP contribution < -0.4 is 4.74 Å². The Balaban J connectivity index is 1.43. The minimum atomic E-state index is -1.00. The molecule has 1 N–H and O–H groups in total. The third-order valence-electron chi connectivity index (χ3n) is 7.23. The Bertz CT molecular complexity index is 1050. The first-order chi connectivity index (χ1) is 16.8. The number of halogens is 1. The van der Waals surface area contributed by atoms with E-state index in [-0.39, 0.29) is 29.8 Å². The van der Waals surface area contributed by atoms with Crippen LogP contribution >= 0.6 is 0 Å². The fraction of sp³-hybridized carbons (Fsp3) is 0.500. The van der Waals surface area contributed by atoms with Gasteiger partial charge in [0.05, 0.1) is 5.41 Å². The van der Waals surface area contributed by atoms with E-state index in [9.17, 15) is 14.0 Å². The molecule has 2 aliphatic rings. The summed E-state index contributed by atoms with van der Waals surface area (Å²) in [4.78, 5) is 29.0. The van der Waals surface area contributed by atoms with Crippen molar-refractivity contribution in [2.75, 3.05) is 26.2 Å². The molecule has 0 aliphatic carbocycles. The van der Waals surface area contributed by atoms with Crippen molar-refractivity contribution in [2.45, 2.75) is 52.1 Å². The Morgan fingerprint density at radius 3 is 2.60 bits per heavy atom. The molecule has 2 saturated heterocycles. The third kappa shape index (κ3) is 6.01. The van der Waals surface area contributed by atoms with Crippen molar-refractivity contribution in [3.63, 3.8) is 0 Å². The van der Waals surface area contributed by atoms with Gasteiger partial charge in [-0.2, -0.15) is 0 Å². The number of carboxylic acid groups (broad SMARTS) is 1. The minimum Gasteiger partial charge on any atom is -0.482 e. The van der Waals surface area contributed by atoms with Gasteiger partial charge in [0.15, 0.2) is 6.61 Å². The van der Waals surface area contributed by atoms with Crippen molar-refractivity contribution in [3.8, 4) is 5.75 Å². The number of carbonyl (C=O) groups excluding carboxylic acids is 1. The number of benzene rings is 2. The molecule has 2 heterocycles. The molecule has 1 atom stereocenters. The highest BCUT2D eigenvalue weighted by molar-refractivity contribution is 5.85. The fourth-order valence-electron chi connectivity index (χ4n) is 5.58. The number of aliphatic carboxylic acids is 1. The topological polar surface area (TPSA) is 70.1 Å². The molecule has 188 valence electrons. The summed E-state index contributed by atoms with van der Waals surface area (Å²) in [6.07, 6.45) is 3.06. The number of nitrogens with zero attached hydrogens (tertiary/aromatic N) is 2. The molecule has 1 unspecified atom stereocenters. The lowest BCUT2D eigenvalue weighted by Gasteiger charge is -2.38. The molecule has 6 nitrogen and oxygen atoms in total. The van der Waals surface area contributed by atoms with Crippen LogP contribution in [-0.2, 0) is 22.6 Å². The summed E-state index contributed by atoms with van der Waals surface area (Å²) in [5.74, 6) is -0.0366. The van der Waals surface area contributed by atoms with Gasteiger partial charge in [-0.25, -0.2) is 9.18 Å². The molecule has 1 spiro atoms. The number of carbonyl (C=O) groups is 2. The molecule has 0 saturated carbocycles. The lowest BCUT2D eigenvalue weighted by atomic mass is 9.75. The first-order valence-electron chi connectivity index (χ1n) is 12.5. The van der Waals surface area contributed by atoms with Crippen molar-refractivity contribution in [1.29, 1.82) is 0 Å². The van der Waals surface area contributed by atoms with Gasteiger partial charge < -0.3 is 14.7 Å². The summed E-state index contributed by atoms with van der Waals surface area (Å²) in [5.41, 5.74) is 1.53. The molecule has 35 heavy (non-hydrogen) atoms. The molecule has 4 rings (SSSR count). The molecule has 0 radical (unpaired) electrons. The second-order valence-electron chi connectivity index (χ2n) is 10.4. The van der Waals surface area contributed by atoms with Gasteiger partial charge in [0.1, 0.15) is 11.6 Å². The van der Waals surface area contributed by atoms with Gasteiger partial charge in [-0.1, -0.05) is 44.2 Å². The molecule has 2 fully saturated rings. The molecule has 7 heteroatoms. The van der Waals surface area contributed by atoms with E-state index in [1.54, 1.807) is 18.2 Å². The number of piperidine rings is 1. The van der Waals surface area contributed by atoms with Crippen LogP contribution in [0.15, 0.2) is 48.5 Å². The van der Waals surface area contributed by atoms with Crippen LogP contribution in [0.5, 0.6) is 5.75 Å². The van der Waals surface area contributed by atoms with E-state index in [0.717, 1.165) is 50.0 Å². The van der Waals surface area contributed by atoms with Crippen molar-refractivity contribution in [3.05, 3.63) is 65.5 Å². The minimum absolute atomic E-state index is 0.0865.